The number of anilines is 1. The number of fused-ring (bicyclic) bond motifs is 1. The van der Waals surface area contributed by atoms with Crippen molar-refractivity contribution in [2.75, 3.05) is 5.73 Å². The summed E-state index contributed by atoms with van der Waals surface area (Å²) in [6.45, 7) is 0. The molecule has 0 aliphatic rings. The highest BCUT2D eigenvalue weighted by atomic mass is 79.9. The lowest BCUT2D eigenvalue weighted by Crippen LogP contribution is -1.82. The molecule has 0 radical (unpaired) electrons. The average molecular weight is 274 g/mol. The van der Waals surface area contributed by atoms with Crippen LogP contribution in [0.25, 0.3) is 10.1 Å². The minimum Gasteiger partial charge on any atom is -0.398 e. The first-order chi connectivity index (χ1) is 6.24. The molecule has 2 aromatic rings. The zero-order valence-corrected chi connectivity index (χ0v) is 10.0. The van der Waals surface area contributed by atoms with Gasteiger partial charge in [-0.3, -0.25) is 0 Å². The van der Waals surface area contributed by atoms with E-state index in [0.29, 0.717) is 0 Å². The SMILES string of the molecule is Nc1cccc2c(S)c(CBr)sc12. The van der Waals surface area contributed by atoms with Crippen LogP contribution in [0, 0.1) is 0 Å². The number of benzene rings is 1. The van der Waals surface area contributed by atoms with E-state index in [-0.39, 0.29) is 0 Å². The molecule has 0 bridgehead atoms. The summed E-state index contributed by atoms with van der Waals surface area (Å²) in [4.78, 5) is 2.28. The predicted octanol–water partition coefficient (Wildman–Crippen LogP) is 3.67. The van der Waals surface area contributed by atoms with E-state index in [1.807, 2.05) is 12.1 Å². The Balaban J connectivity index is 2.83. The maximum Gasteiger partial charge on any atom is 0.0587 e. The number of thiol groups is 1. The van der Waals surface area contributed by atoms with Gasteiger partial charge >= 0.3 is 0 Å². The van der Waals surface area contributed by atoms with E-state index in [9.17, 15) is 0 Å². The highest BCUT2D eigenvalue weighted by Gasteiger charge is 2.09. The van der Waals surface area contributed by atoms with Crippen LogP contribution >= 0.6 is 39.9 Å². The monoisotopic (exact) mass is 273 g/mol. The van der Waals surface area contributed by atoms with Crippen LogP contribution in [-0.4, -0.2) is 0 Å². The van der Waals surface area contributed by atoms with E-state index in [1.165, 1.54) is 4.88 Å². The topological polar surface area (TPSA) is 26.0 Å². The van der Waals surface area contributed by atoms with Gasteiger partial charge in [0.15, 0.2) is 0 Å². The van der Waals surface area contributed by atoms with Crippen molar-refractivity contribution in [1.29, 1.82) is 0 Å². The maximum atomic E-state index is 5.85. The zero-order valence-electron chi connectivity index (χ0n) is 6.75. The van der Waals surface area contributed by atoms with Crippen molar-refractivity contribution in [2.24, 2.45) is 0 Å². The maximum absolute atomic E-state index is 5.85. The normalized spacial score (nSPS) is 10.9. The van der Waals surface area contributed by atoms with Gasteiger partial charge in [-0.25, -0.2) is 0 Å². The molecule has 13 heavy (non-hydrogen) atoms. The summed E-state index contributed by atoms with van der Waals surface area (Å²) in [6.07, 6.45) is 0. The first-order valence-electron chi connectivity index (χ1n) is 3.79. The molecule has 0 unspecified atom stereocenters. The van der Waals surface area contributed by atoms with Crippen molar-refractivity contribution >= 4 is 55.7 Å². The van der Waals surface area contributed by atoms with Gasteiger partial charge in [0.1, 0.15) is 0 Å². The molecule has 0 saturated carbocycles. The number of alkyl halides is 1. The van der Waals surface area contributed by atoms with Crippen LogP contribution in [-0.2, 0) is 5.33 Å². The number of nitrogen functional groups attached to an aromatic ring is 1. The van der Waals surface area contributed by atoms with E-state index in [0.717, 1.165) is 26.0 Å². The fourth-order valence-corrected chi connectivity index (χ4v) is 3.56. The Bertz CT molecular complexity index is 450. The zero-order chi connectivity index (χ0) is 9.42. The van der Waals surface area contributed by atoms with Gasteiger partial charge in [-0.2, -0.15) is 0 Å². The van der Waals surface area contributed by atoms with Crippen molar-refractivity contribution in [2.45, 2.75) is 10.2 Å². The molecule has 1 aromatic heterocycles. The third-order valence-corrected chi connectivity index (χ3v) is 4.76. The second-order valence-electron chi connectivity index (χ2n) is 2.73. The van der Waals surface area contributed by atoms with E-state index in [2.05, 4.69) is 34.6 Å². The first-order valence-corrected chi connectivity index (χ1v) is 6.17. The second-order valence-corrected chi connectivity index (χ2v) is 4.84. The molecule has 0 fully saturated rings. The Labute approximate surface area is 94.5 Å². The van der Waals surface area contributed by atoms with Gasteiger partial charge < -0.3 is 5.73 Å². The van der Waals surface area contributed by atoms with E-state index in [1.54, 1.807) is 11.3 Å². The van der Waals surface area contributed by atoms with Crippen LogP contribution in [0.5, 0.6) is 0 Å². The average Bonchev–Trinajstić information content (AvgIpc) is 2.45. The number of halogens is 1. The quantitative estimate of drug-likeness (QED) is 0.463. The van der Waals surface area contributed by atoms with Gasteiger partial charge in [-0.1, -0.05) is 28.1 Å². The number of hydrogen-bond acceptors (Lipinski definition) is 3. The first kappa shape index (κ1) is 9.37. The van der Waals surface area contributed by atoms with Crippen molar-refractivity contribution in [3.8, 4) is 0 Å². The van der Waals surface area contributed by atoms with Gasteiger partial charge in [0, 0.05) is 26.2 Å². The molecule has 1 aromatic carbocycles. The van der Waals surface area contributed by atoms with Crippen LogP contribution in [0.15, 0.2) is 23.1 Å². The number of rotatable bonds is 1. The number of hydrogen-bond donors (Lipinski definition) is 2. The fourth-order valence-electron chi connectivity index (χ4n) is 1.27. The molecule has 2 N–H and O–H groups in total. The summed E-state index contributed by atoms with van der Waals surface area (Å²) in [5, 5.41) is 1.99. The molecule has 68 valence electrons. The summed E-state index contributed by atoms with van der Waals surface area (Å²) >= 11 is 9.60. The van der Waals surface area contributed by atoms with Crippen molar-refractivity contribution in [3.63, 3.8) is 0 Å². The molecule has 0 aliphatic carbocycles. The summed E-state index contributed by atoms with van der Waals surface area (Å²) in [5.41, 5.74) is 6.69. The van der Waals surface area contributed by atoms with Gasteiger partial charge in [0.05, 0.1) is 4.70 Å². The van der Waals surface area contributed by atoms with Crippen LogP contribution in [0.3, 0.4) is 0 Å². The smallest absolute Gasteiger partial charge is 0.0587 e. The molecule has 4 heteroatoms. The minimum absolute atomic E-state index is 0.838. The van der Waals surface area contributed by atoms with Crippen molar-refractivity contribution in [1.82, 2.24) is 0 Å². The Morgan fingerprint density at radius 3 is 2.85 bits per heavy atom. The van der Waals surface area contributed by atoms with Gasteiger partial charge in [-0.15, -0.1) is 24.0 Å². The Kier molecular flexibility index (Phi) is 2.53. The van der Waals surface area contributed by atoms with Crippen molar-refractivity contribution < 1.29 is 0 Å². The van der Waals surface area contributed by atoms with Gasteiger partial charge in [0.2, 0.25) is 0 Å². The van der Waals surface area contributed by atoms with Crippen LogP contribution < -0.4 is 5.73 Å². The van der Waals surface area contributed by atoms with Crippen LogP contribution in [0.2, 0.25) is 0 Å². The van der Waals surface area contributed by atoms with E-state index < -0.39 is 0 Å². The number of thiophene rings is 1. The van der Waals surface area contributed by atoms with Gasteiger partial charge in [-0.05, 0) is 6.07 Å². The molecule has 1 heterocycles. The third-order valence-electron chi connectivity index (χ3n) is 1.91. The van der Waals surface area contributed by atoms with E-state index in [4.69, 9.17) is 5.73 Å². The lowest BCUT2D eigenvalue weighted by molar-refractivity contribution is 1.44. The summed E-state index contributed by atoms with van der Waals surface area (Å²) < 4.78 is 1.14. The largest absolute Gasteiger partial charge is 0.398 e. The highest BCUT2D eigenvalue weighted by molar-refractivity contribution is 9.08. The second kappa shape index (κ2) is 3.52. The van der Waals surface area contributed by atoms with Crippen molar-refractivity contribution in [3.05, 3.63) is 23.1 Å². The Morgan fingerprint density at radius 1 is 1.46 bits per heavy atom. The summed E-state index contributed by atoms with van der Waals surface area (Å²) in [6, 6.07) is 5.93. The number of nitrogens with two attached hydrogens (primary N) is 1. The van der Waals surface area contributed by atoms with Gasteiger partial charge in [0.25, 0.3) is 0 Å². The lowest BCUT2D eigenvalue weighted by atomic mass is 10.2. The predicted molar refractivity (Wildman–Crippen MR) is 66.1 cm³/mol. The molecular formula is C9H8BrNS2. The molecule has 0 amide bonds. The molecule has 2 rings (SSSR count). The molecule has 0 spiro atoms. The molecule has 1 nitrogen and oxygen atoms in total. The van der Waals surface area contributed by atoms with Crippen LogP contribution in [0.1, 0.15) is 4.88 Å². The highest BCUT2D eigenvalue weighted by Crippen LogP contribution is 2.37. The third kappa shape index (κ3) is 1.47. The standard InChI is InChI=1S/C9H8BrNS2/c10-4-7-8(12)5-2-1-3-6(11)9(5)13-7/h1-3,12H,4,11H2. The minimum atomic E-state index is 0.838. The molecule has 0 atom stereocenters. The molecular weight excluding hydrogens is 266 g/mol. The Hall–Kier alpha value is -0.190. The lowest BCUT2D eigenvalue weighted by Gasteiger charge is -1.93. The van der Waals surface area contributed by atoms with E-state index >= 15 is 0 Å². The summed E-state index contributed by atoms with van der Waals surface area (Å²) in [7, 11) is 0. The fraction of sp³-hybridized carbons (Fsp3) is 0.111. The summed E-state index contributed by atoms with van der Waals surface area (Å²) in [5.74, 6) is 0. The van der Waals surface area contributed by atoms with Crippen LogP contribution in [0.4, 0.5) is 5.69 Å². The molecule has 0 aliphatic heterocycles. The Morgan fingerprint density at radius 2 is 2.23 bits per heavy atom. The molecule has 0 saturated heterocycles.